The second kappa shape index (κ2) is 9.12. The van der Waals surface area contributed by atoms with Gasteiger partial charge in [0.15, 0.2) is 0 Å². The molecule has 0 fully saturated rings. The van der Waals surface area contributed by atoms with Crippen molar-refractivity contribution < 1.29 is 9.90 Å². The van der Waals surface area contributed by atoms with Gasteiger partial charge in [-0.1, -0.05) is 65.7 Å². The topological polar surface area (TPSA) is 59.3 Å². The minimum absolute atomic E-state index is 0.0609. The molecule has 3 rings (SSSR count). The summed E-state index contributed by atoms with van der Waals surface area (Å²) < 4.78 is 1.56. The molecule has 0 atom stereocenters. The highest BCUT2D eigenvalue weighted by Gasteiger charge is 2.12. The van der Waals surface area contributed by atoms with Crippen LogP contribution in [-0.4, -0.2) is 15.6 Å². The number of nitrogens with zero attached hydrogens (tertiary/aromatic N) is 1. The molecule has 29 heavy (non-hydrogen) atoms. The van der Waals surface area contributed by atoms with Crippen LogP contribution in [0.4, 0.5) is 0 Å². The van der Waals surface area contributed by atoms with Crippen molar-refractivity contribution in [3.05, 3.63) is 103 Å². The molecule has 0 unspecified atom stereocenters. The summed E-state index contributed by atoms with van der Waals surface area (Å²) in [5.74, 6) is -0.974. The maximum Gasteiger partial charge on any atom is 0.335 e. The van der Waals surface area contributed by atoms with E-state index in [-0.39, 0.29) is 16.1 Å². The Morgan fingerprint density at radius 2 is 1.66 bits per heavy atom. The first kappa shape index (κ1) is 20.9. The first-order valence-electron chi connectivity index (χ1n) is 9.01. The highest BCUT2D eigenvalue weighted by molar-refractivity contribution is 6.35. The number of benzene rings is 2. The van der Waals surface area contributed by atoms with E-state index in [9.17, 15) is 9.59 Å². The third-order valence-corrected chi connectivity index (χ3v) is 5.22. The molecule has 0 radical (unpaired) electrons. The molecule has 0 amide bonds. The fourth-order valence-corrected chi connectivity index (χ4v) is 3.56. The fraction of sp³-hybridized carbons (Fsp3) is 0.130. The molecule has 1 heterocycles. The van der Waals surface area contributed by atoms with Gasteiger partial charge in [-0.15, -0.1) is 0 Å². The van der Waals surface area contributed by atoms with Crippen molar-refractivity contribution >= 4 is 40.8 Å². The zero-order chi connectivity index (χ0) is 21.0. The number of carboxylic acid groups (broad SMARTS) is 1. The van der Waals surface area contributed by atoms with Crippen molar-refractivity contribution in [3.63, 3.8) is 0 Å². The lowest BCUT2D eigenvalue weighted by Gasteiger charge is -2.14. The normalized spacial score (nSPS) is 11.5. The zero-order valence-corrected chi connectivity index (χ0v) is 17.2. The van der Waals surface area contributed by atoms with Gasteiger partial charge in [0.1, 0.15) is 5.02 Å². The van der Waals surface area contributed by atoms with E-state index in [0.29, 0.717) is 23.7 Å². The minimum Gasteiger partial charge on any atom is -0.478 e. The number of hydrogen-bond acceptors (Lipinski definition) is 2. The Morgan fingerprint density at radius 1 is 1.00 bits per heavy atom. The van der Waals surface area contributed by atoms with E-state index in [0.717, 1.165) is 16.7 Å². The Kier molecular flexibility index (Phi) is 6.57. The molecule has 6 heteroatoms. The van der Waals surface area contributed by atoms with E-state index >= 15 is 0 Å². The summed E-state index contributed by atoms with van der Waals surface area (Å²) >= 11 is 12.5. The van der Waals surface area contributed by atoms with Gasteiger partial charge in [0.25, 0.3) is 5.56 Å². The molecule has 1 N–H and O–H groups in total. The SMILES string of the molecule is CC(=Cc1c(Cl)cc(Cl)c(=O)n1CCc1ccc(C(=O)O)cc1)c1ccccc1. The Morgan fingerprint density at radius 3 is 2.28 bits per heavy atom. The maximum atomic E-state index is 12.7. The van der Waals surface area contributed by atoms with Crippen molar-refractivity contribution in [2.45, 2.75) is 19.9 Å². The number of aryl methyl sites for hydroxylation is 1. The number of rotatable bonds is 6. The number of carboxylic acids is 1. The van der Waals surface area contributed by atoms with Gasteiger partial charge in [0, 0.05) is 6.54 Å². The summed E-state index contributed by atoms with van der Waals surface area (Å²) in [5.41, 5.74) is 3.40. The molecule has 4 nitrogen and oxygen atoms in total. The van der Waals surface area contributed by atoms with Gasteiger partial charge >= 0.3 is 5.97 Å². The van der Waals surface area contributed by atoms with E-state index < -0.39 is 5.97 Å². The van der Waals surface area contributed by atoms with Gasteiger partial charge in [0.2, 0.25) is 0 Å². The lowest BCUT2D eigenvalue weighted by Crippen LogP contribution is -2.24. The molecule has 1 aromatic heterocycles. The van der Waals surface area contributed by atoms with Crippen LogP contribution in [-0.2, 0) is 13.0 Å². The van der Waals surface area contributed by atoms with E-state index in [1.807, 2.05) is 43.3 Å². The van der Waals surface area contributed by atoms with Crippen LogP contribution < -0.4 is 5.56 Å². The lowest BCUT2D eigenvalue weighted by atomic mass is 10.1. The fourth-order valence-electron chi connectivity index (χ4n) is 3.03. The van der Waals surface area contributed by atoms with Crippen molar-refractivity contribution in [3.8, 4) is 0 Å². The largest absolute Gasteiger partial charge is 0.478 e. The molecular formula is C23H19Cl2NO3. The van der Waals surface area contributed by atoms with E-state index in [2.05, 4.69) is 0 Å². The van der Waals surface area contributed by atoms with E-state index in [1.54, 1.807) is 28.8 Å². The Balaban J connectivity index is 1.95. The number of pyridine rings is 1. The number of carbonyl (C=O) groups is 1. The van der Waals surface area contributed by atoms with Crippen LogP contribution in [0.1, 0.15) is 34.1 Å². The summed E-state index contributed by atoms with van der Waals surface area (Å²) in [4.78, 5) is 23.7. The third kappa shape index (κ3) is 4.97. The number of halogens is 2. The number of hydrogen-bond donors (Lipinski definition) is 1. The third-order valence-electron chi connectivity index (χ3n) is 4.65. The van der Waals surface area contributed by atoms with Crippen molar-refractivity contribution in [2.24, 2.45) is 0 Å². The molecule has 0 bridgehead atoms. The van der Waals surface area contributed by atoms with Crippen LogP contribution in [0.5, 0.6) is 0 Å². The summed E-state index contributed by atoms with van der Waals surface area (Å²) in [6.45, 7) is 2.32. The highest BCUT2D eigenvalue weighted by atomic mass is 35.5. The number of aromatic carboxylic acids is 1. The van der Waals surface area contributed by atoms with E-state index in [1.165, 1.54) is 6.07 Å². The zero-order valence-electron chi connectivity index (χ0n) is 15.7. The van der Waals surface area contributed by atoms with Gasteiger partial charge in [-0.3, -0.25) is 4.79 Å². The second-order valence-electron chi connectivity index (χ2n) is 6.63. The van der Waals surface area contributed by atoms with Crippen molar-refractivity contribution in [2.75, 3.05) is 0 Å². The van der Waals surface area contributed by atoms with E-state index in [4.69, 9.17) is 28.3 Å². The molecule has 0 spiro atoms. The van der Waals surface area contributed by atoms with Gasteiger partial charge in [-0.2, -0.15) is 0 Å². The van der Waals surface area contributed by atoms with Crippen molar-refractivity contribution in [1.29, 1.82) is 0 Å². The van der Waals surface area contributed by atoms with Gasteiger partial charge in [-0.05, 0) is 54.3 Å². The van der Waals surface area contributed by atoms with Gasteiger partial charge in [0.05, 0.1) is 16.3 Å². The molecule has 2 aromatic carbocycles. The molecule has 0 aliphatic carbocycles. The summed E-state index contributed by atoms with van der Waals surface area (Å²) in [5, 5.41) is 9.47. The molecule has 0 saturated heterocycles. The summed E-state index contributed by atoms with van der Waals surface area (Å²) in [6.07, 6.45) is 2.41. The highest BCUT2D eigenvalue weighted by Crippen LogP contribution is 2.24. The molecule has 0 aliphatic rings. The predicted octanol–water partition coefficient (Wildman–Crippen LogP) is 5.66. The average Bonchev–Trinajstić information content (AvgIpc) is 2.72. The monoisotopic (exact) mass is 427 g/mol. The summed E-state index contributed by atoms with van der Waals surface area (Å²) in [6, 6.07) is 17.9. The van der Waals surface area contributed by atoms with Crippen molar-refractivity contribution in [1.82, 2.24) is 4.57 Å². The van der Waals surface area contributed by atoms with Crippen LogP contribution in [0.2, 0.25) is 10.0 Å². The predicted molar refractivity (Wildman–Crippen MR) is 118 cm³/mol. The lowest BCUT2D eigenvalue weighted by molar-refractivity contribution is 0.0697. The standard InChI is InChI=1S/C23H19Cl2NO3/c1-15(17-5-3-2-4-6-17)13-21-19(24)14-20(25)22(27)26(21)12-11-16-7-9-18(10-8-16)23(28)29/h2-10,13-14H,11-12H2,1H3,(H,28,29). The Hall–Kier alpha value is -2.82. The quantitative estimate of drug-likeness (QED) is 0.552. The van der Waals surface area contributed by atoms with Gasteiger partial charge < -0.3 is 9.67 Å². The smallest absolute Gasteiger partial charge is 0.335 e. The van der Waals surface area contributed by atoms with Gasteiger partial charge in [-0.25, -0.2) is 4.79 Å². The first-order chi connectivity index (χ1) is 13.9. The maximum absolute atomic E-state index is 12.7. The van der Waals surface area contributed by atoms with Crippen LogP contribution in [0.15, 0.2) is 65.5 Å². The number of allylic oxidation sites excluding steroid dienone is 1. The first-order valence-corrected chi connectivity index (χ1v) is 9.77. The van der Waals surface area contributed by atoms with Crippen LogP contribution in [0.25, 0.3) is 11.6 Å². The van der Waals surface area contributed by atoms with Crippen LogP contribution in [0.3, 0.4) is 0 Å². The van der Waals surface area contributed by atoms with Crippen LogP contribution in [0, 0.1) is 0 Å². The van der Waals surface area contributed by atoms with Crippen LogP contribution >= 0.6 is 23.2 Å². The second-order valence-corrected chi connectivity index (χ2v) is 7.44. The average molecular weight is 428 g/mol. The summed E-state index contributed by atoms with van der Waals surface area (Å²) in [7, 11) is 0. The molecule has 0 aliphatic heterocycles. The molecular weight excluding hydrogens is 409 g/mol. The molecule has 148 valence electrons. The number of aromatic nitrogens is 1. The Labute approximate surface area is 178 Å². The molecule has 0 saturated carbocycles. The molecule has 3 aromatic rings. The minimum atomic E-state index is -0.974. The Bertz CT molecular complexity index is 1120.